The lowest BCUT2D eigenvalue weighted by atomic mass is 10.1. The van der Waals surface area contributed by atoms with Gasteiger partial charge in [-0.15, -0.1) is 0 Å². The van der Waals surface area contributed by atoms with E-state index in [1.165, 1.54) is 38.3 Å². The number of para-hydroxylation sites is 1. The zero-order valence-electron chi connectivity index (χ0n) is 16.1. The van der Waals surface area contributed by atoms with E-state index in [2.05, 4.69) is 10.6 Å². The van der Waals surface area contributed by atoms with Crippen molar-refractivity contribution in [3.05, 3.63) is 59.7 Å². The molecule has 160 valence electrons. The van der Waals surface area contributed by atoms with E-state index in [9.17, 15) is 27.6 Å². The summed E-state index contributed by atoms with van der Waals surface area (Å²) in [7, 11) is 1.48. The first-order chi connectivity index (χ1) is 14.1. The lowest BCUT2D eigenvalue weighted by Gasteiger charge is -2.17. The highest BCUT2D eigenvalue weighted by Crippen LogP contribution is 2.34. The molecule has 0 spiro atoms. The number of amides is 2. The van der Waals surface area contributed by atoms with Crippen molar-refractivity contribution in [1.82, 2.24) is 5.32 Å². The molecular weight excluding hydrogens is 405 g/mol. The normalized spacial score (nSPS) is 11.9. The molecule has 0 aliphatic heterocycles. The number of alkyl halides is 3. The average Bonchev–Trinajstić information content (AvgIpc) is 2.71. The van der Waals surface area contributed by atoms with Crippen molar-refractivity contribution < 1.29 is 37.0 Å². The Bertz CT molecular complexity index is 913. The fourth-order valence-electron chi connectivity index (χ4n) is 2.36. The maximum atomic E-state index is 13.0. The molecule has 0 aromatic heterocycles. The van der Waals surface area contributed by atoms with Crippen molar-refractivity contribution in [1.29, 1.82) is 0 Å². The highest BCUT2D eigenvalue weighted by Gasteiger charge is 2.34. The van der Waals surface area contributed by atoms with Gasteiger partial charge in [-0.1, -0.05) is 12.1 Å². The third-order valence-electron chi connectivity index (χ3n) is 3.91. The molecule has 0 aliphatic rings. The number of hydrogen-bond donors (Lipinski definition) is 2. The molecule has 30 heavy (non-hydrogen) atoms. The molecule has 10 heteroatoms. The first-order valence-electron chi connectivity index (χ1n) is 8.70. The molecule has 2 aromatic carbocycles. The number of halogens is 3. The highest BCUT2D eigenvalue weighted by atomic mass is 19.4. The molecule has 0 heterocycles. The summed E-state index contributed by atoms with van der Waals surface area (Å²) in [5.74, 6) is -1.87. The Kier molecular flexibility index (Phi) is 7.40. The minimum absolute atomic E-state index is 0.276. The second kappa shape index (κ2) is 9.77. The number of hydrogen-bond acceptors (Lipinski definition) is 5. The molecular formula is C20H19F3N2O5. The van der Waals surface area contributed by atoms with E-state index in [0.29, 0.717) is 5.75 Å². The van der Waals surface area contributed by atoms with Crippen LogP contribution in [0.2, 0.25) is 0 Å². The second-order valence-electron chi connectivity index (χ2n) is 6.08. The Hall–Kier alpha value is -3.56. The van der Waals surface area contributed by atoms with Crippen LogP contribution in [0.15, 0.2) is 48.5 Å². The van der Waals surface area contributed by atoms with E-state index >= 15 is 0 Å². The number of ether oxygens (including phenoxy) is 2. The minimum atomic E-state index is -4.66. The summed E-state index contributed by atoms with van der Waals surface area (Å²) in [6.45, 7) is 0.677. The van der Waals surface area contributed by atoms with Crippen LogP contribution < -0.4 is 15.4 Å². The van der Waals surface area contributed by atoms with Gasteiger partial charge in [-0.25, -0.2) is 0 Å². The van der Waals surface area contributed by atoms with Crippen LogP contribution in [-0.2, 0) is 20.5 Å². The van der Waals surface area contributed by atoms with Gasteiger partial charge in [0.2, 0.25) is 0 Å². The Morgan fingerprint density at radius 1 is 1.03 bits per heavy atom. The number of nitrogens with one attached hydrogen (secondary N) is 2. The van der Waals surface area contributed by atoms with Crippen LogP contribution in [0.3, 0.4) is 0 Å². The van der Waals surface area contributed by atoms with E-state index in [4.69, 9.17) is 9.47 Å². The molecule has 0 radical (unpaired) electrons. The molecule has 1 unspecified atom stereocenters. The number of esters is 1. The first kappa shape index (κ1) is 22.7. The number of carbonyl (C=O) groups excluding carboxylic acids is 3. The van der Waals surface area contributed by atoms with Crippen LogP contribution >= 0.6 is 0 Å². The van der Waals surface area contributed by atoms with Crippen LogP contribution in [-0.4, -0.2) is 37.5 Å². The number of benzene rings is 2. The quantitative estimate of drug-likeness (QED) is 0.667. The monoisotopic (exact) mass is 424 g/mol. The smallest absolute Gasteiger partial charge is 0.418 e. The van der Waals surface area contributed by atoms with Crippen LogP contribution in [0, 0.1) is 0 Å². The van der Waals surface area contributed by atoms with E-state index in [0.717, 1.165) is 12.1 Å². The average molecular weight is 424 g/mol. The molecule has 2 rings (SSSR count). The van der Waals surface area contributed by atoms with Gasteiger partial charge in [-0.05, 0) is 43.3 Å². The SMILES string of the molecule is COc1ccc(C(=O)NCC(=O)OC(C)C(=O)Nc2ccccc2C(F)(F)F)cc1. The third-order valence-corrected chi connectivity index (χ3v) is 3.91. The Morgan fingerprint density at radius 3 is 2.27 bits per heavy atom. The zero-order chi connectivity index (χ0) is 22.3. The van der Waals surface area contributed by atoms with Gasteiger partial charge in [0, 0.05) is 5.56 Å². The largest absolute Gasteiger partial charge is 0.497 e. The predicted molar refractivity (Wildman–Crippen MR) is 101 cm³/mol. The summed E-state index contributed by atoms with van der Waals surface area (Å²) in [4.78, 5) is 35.9. The van der Waals surface area contributed by atoms with E-state index < -0.39 is 47.9 Å². The van der Waals surface area contributed by atoms with Gasteiger partial charge in [0.15, 0.2) is 6.10 Å². The molecule has 0 bridgehead atoms. The molecule has 7 nitrogen and oxygen atoms in total. The summed E-state index contributed by atoms with van der Waals surface area (Å²) in [5.41, 5.74) is -1.20. The van der Waals surface area contributed by atoms with Crippen LogP contribution in [0.1, 0.15) is 22.8 Å². The summed E-state index contributed by atoms with van der Waals surface area (Å²) in [6, 6.07) is 10.5. The van der Waals surface area contributed by atoms with Crippen LogP contribution in [0.4, 0.5) is 18.9 Å². The van der Waals surface area contributed by atoms with Gasteiger partial charge in [0.05, 0.1) is 18.4 Å². The fourth-order valence-corrected chi connectivity index (χ4v) is 2.36. The maximum Gasteiger partial charge on any atom is 0.418 e. The molecule has 0 fully saturated rings. The predicted octanol–water partition coefficient (Wildman–Crippen LogP) is 3.01. The molecule has 0 saturated heterocycles. The number of rotatable bonds is 7. The highest BCUT2D eigenvalue weighted by molar-refractivity contribution is 5.97. The van der Waals surface area contributed by atoms with Gasteiger partial charge in [-0.3, -0.25) is 14.4 Å². The van der Waals surface area contributed by atoms with E-state index in [-0.39, 0.29) is 5.56 Å². The van der Waals surface area contributed by atoms with Crippen molar-refractivity contribution in [2.45, 2.75) is 19.2 Å². The van der Waals surface area contributed by atoms with E-state index in [1.54, 1.807) is 12.1 Å². The summed E-state index contributed by atoms with van der Waals surface area (Å²) in [5, 5.41) is 4.41. The van der Waals surface area contributed by atoms with Crippen molar-refractivity contribution >= 4 is 23.5 Å². The molecule has 2 amide bonds. The van der Waals surface area contributed by atoms with Crippen LogP contribution in [0.25, 0.3) is 0 Å². The lowest BCUT2D eigenvalue weighted by molar-refractivity contribution is -0.152. The lowest BCUT2D eigenvalue weighted by Crippen LogP contribution is -2.36. The number of carbonyl (C=O) groups is 3. The van der Waals surface area contributed by atoms with Gasteiger partial charge in [0.1, 0.15) is 12.3 Å². The Labute approximate surface area is 170 Å². The number of methoxy groups -OCH3 is 1. The van der Waals surface area contributed by atoms with Gasteiger partial charge < -0.3 is 20.1 Å². The molecule has 0 aliphatic carbocycles. The minimum Gasteiger partial charge on any atom is -0.497 e. The fraction of sp³-hybridized carbons (Fsp3) is 0.250. The summed E-state index contributed by atoms with van der Waals surface area (Å²) >= 11 is 0. The molecule has 2 N–H and O–H groups in total. The molecule has 1 atom stereocenters. The molecule has 2 aromatic rings. The zero-order valence-corrected chi connectivity index (χ0v) is 16.1. The molecule has 0 saturated carbocycles. The van der Waals surface area contributed by atoms with Gasteiger partial charge >= 0.3 is 12.1 Å². The maximum absolute atomic E-state index is 13.0. The third kappa shape index (κ3) is 6.23. The summed E-state index contributed by atoms with van der Waals surface area (Å²) in [6.07, 6.45) is -6.04. The number of anilines is 1. The van der Waals surface area contributed by atoms with Crippen LogP contribution in [0.5, 0.6) is 5.75 Å². The summed E-state index contributed by atoms with van der Waals surface area (Å²) < 4.78 is 48.8. The van der Waals surface area contributed by atoms with Gasteiger partial charge in [0.25, 0.3) is 11.8 Å². The van der Waals surface area contributed by atoms with Crippen molar-refractivity contribution in [3.8, 4) is 5.75 Å². The standard InChI is InChI=1S/C20H19F3N2O5/c1-12(18(27)25-16-6-4-3-5-15(16)20(21,22)23)30-17(26)11-24-19(28)13-7-9-14(29-2)10-8-13/h3-10,12H,11H2,1-2H3,(H,24,28)(H,25,27). The van der Waals surface area contributed by atoms with Crippen molar-refractivity contribution in [2.24, 2.45) is 0 Å². The topological polar surface area (TPSA) is 93.7 Å². The van der Waals surface area contributed by atoms with Crippen molar-refractivity contribution in [2.75, 3.05) is 19.0 Å². The first-order valence-corrected chi connectivity index (χ1v) is 8.70. The Morgan fingerprint density at radius 2 is 1.67 bits per heavy atom. The van der Waals surface area contributed by atoms with Crippen molar-refractivity contribution in [3.63, 3.8) is 0 Å². The Balaban J connectivity index is 1.88. The second-order valence-corrected chi connectivity index (χ2v) is 6.08. The van der Waals surface area contributed by atoms with Gasteiger partial charge in [-0.2, -0.15) is 13.2 Å². The van der Waals surface area contributed by atoms with E-state index in [1.807, 2.05) is 0 Å².